The highest BCUT2D eigenvalue weighted by Crippen LogP contribution is 2.32. The Morgan fingerprint density at radius 1 is 1.25 bits per heavy atom. The van der Waals surface area contributed by atoms with Gasteiger partial charge in [-0.3, -0.25) is 0 Å². The molecule has 1 aromatic rings. The van der Waals surface area contributed by atoms with Crippen molar-refractivity contribution in [2.24, 2.45) is 0 Å². The van der Waals surface area contributed by atoms with Crippen LogP contribution < -0.4 is 0 Å². The zero-order chi connectivity index (χ0) is 9.35. The van der Waals surface area contributed by atoms with Gasteiger partial charge < -0.3 is 0 Å². The molecule has 0 heterocycles. The maximum absolute atomic E-state index is 12.1. The van der Waals surface area contributed by atoms with Gasteiger partial charge in [-0.1, -0.05) is 0 Å². The van der Waals surface area contributed by atoms with Gasteiger partial charge in [0, 0.05) is 8.04 Å². The number of rotatable bonds is 0. The maximum atomic E-state index is 12.1. The topological polar surface area (TPSA) is 0 Å². The summed E-state index contributed by atoms with van der Waals surface area (Å²) in [6, 6.07) is 3.56. The first-order valence-electron chi connectivity index (χ1n) is 2.93. The Labute approximate surface area is 89.4 Å². The molecule has 66 valence electrons. The van der Waals surface area contributed by atoms with Gasteiger partial charge in [-0.25, -0.2) is 0 Å². The van der Waals surface area contributed by atoms with Crippen LogP contribution in [-0.2, 0) is 6.18 Å². The molecule has 0 saturated carbocycles. The summed E-state index contributed by atoms with van der Waals surface area (Å²) < 4.78 is 37.5. The van der Waals surface area contributed by atoms with Crippen LogP contribution in [0.1, 0.15) is 5.56 Å². The number of benzene rings is 1. The summed E-state index contributed by atoms with van der Waals surface area (Å²) in [7, 11) is 0. The predicted molar refractivity (Wildman–Crippen MR) is 51.9 cm³/mol. The molecular formula is C7H3BrF3I. The zero-order valence-electron chi connectivity index (χ0n) is 5.62. The van der Waals surface area contributed by atoms with Gasteiger partial charge in [0.05, 0.1) is 5.56 Å². The lowest BCUT2D eigenvalue weighted by atomic mass is 10.2. The second kappa shape index (κ2) is 3.53. The average molecular weight is 351 g/mol. The maximum Gasteiger partial charge on any atom is 0.416 e. The average Bonchev–Trinajstić information content (AvgIpc) is 1.92. The second-order valence-electron chi connectivity index (χ2n) is 2.13. The summed E-state index contributed by atoms with van der Waals surface area (Å²) >= 11 is 4.99. The largest absolute Gasteiger partial charge is 0.416 e. The van der Waals surface area contributed by atoms with Gasteiger partial charge in [-0.15, -0.1) is 0 Å². The molecular weight excluding hydrogens is 348 g/mol. The normalized spacial score (nSPS) is 11.8. The fraction of sp³-hybridized carbons (Fsp3) is 0.143. The predicted octanol–water partition coefficient (Wildman–Crippen LogP) is 4.07. The van der Waals surface area contributed by atoms with Crippen molar-refractivity contribution in [2.75, 3.05) is 0 Å². The third kappa shape index (κ3) is 2.35. The van der Waals surface area contributed by atoms with E-state index in [0.717, 1.165) is 15.7 Å². The van der Waals surface area contributed by atoms with E-state index in [-0.39, 0.29) is 0 Å². The molecule has 0 amide bonds. The molecule has 0 aromatic heterocycles. The number of hydrogen-bond donors (Lipinski definition) is 0. The molecule has 0 saturated heterocycles. The minimum Gasteiger partial charge on any atom is -0.166 e. The molecule has 0 unspecified atom stereocenters. The van der Waals surface area contributed by atoms with Crippen molar-refractivity contribution >= 4 is 38.5 Å². The molecule has 1 rings (SSSR count). The lowest BCUT2D eigenvalue weighted by molar-refractivity contribution is -0.137. The second-order valence-corrected chi connectivity index (χ2v) is 4.14. The number of hydrogen-bond acceptors (Lipinski definition) is 0. The number of halogens is 5. The number of alkyl halides is 3. The summed E-state index contributed by atoms with van der Waals surface area (Å²) in [5.41, 5.74) is -0.630. The first-order valence-corrected chi connectivity index (χ1v) is 4.80. The van der Waals surface area contributed by atoms with Crippen LogP contribution in [0.3, 0.4) is 0 Å². The smallest absolute Gasteiger partial charge is 0.166 e. The van der Waals surface area contributed by atoms with Crippen LogP contribution in [0.25, 0.3) is 0 Å². The molecule has 0 atom stereocenters. The summed E-state index contributed by atoms with van der Waals surface area (Å²) in [5, 5.41) is 0. The fourth-order valence-electron chi connectivity index (χ4n) is 0.672. The molecule has 0 spiro atoms. The molecule has 0 aliphatic heterocycles. The van der Waals surface area contributed by atoms with Crippen LogP contribution in [0.4, 0.5) is 13.2 Å². The SMILES string of the molecule is FC(F)(F)c1ccc(I)c(Br)c1. The van der Waals surface area contributed by atoms with Gasteiger partial charge >= 0.3 is 6.18 Å². The van der Waals surface area contributed by atoms with Gasteiger partial charge in [-0.05, 0) is 56.7 Å². The highest BCUT2D eigenvalue weighted by atomic mass is 127. The molecule has 0 N–H and O–H groups in total. The van der Waals surface area contributed by atoms with Crippen molar-refractivity contribution in [3.8, 4) is 0 Å². The highest BCUT2D eigenvalue weighted by Gasteiger charge is 2.30. The first-order chi connectivity index (χ1) is 5.41. The summed E-state index contributed by atoms with van der Waals surface area (Å²) in [5.74, 6) is 0. The highest BCUT2D eigenvalue weighted by molar-refractivity contribution is 14.1. The van der Waals surface area contributed by atoms with Crippen molar-refractivity contribution < 1.29 is 13.2 Å². The molecule has 0 fully saturated rings. The Balaban J connectivity index is 3.14. The van der Waals surface area contributed by atoms with Gasteiger partial charge in [0.2, 0.25) is 0 Å². The molecule has 0 aliphatic carbocycles. The molecule has 0 aliphatic rings. The summed E-state index contributed by atoms with van der Waals surface area (Å²) in [6.07, 6.45) is -4.26. The lowest BCUT2D eigenvalue weighted by Crippen LogP contribution is -2.04. The molecule has 0 bridgehead atoms. The Bertz CT molecular complexity index is 295. The Hall–Kier alpha value is 0.220. The van der Waals surface area contributed by atoms with Gasteiger partial charge in [0.15, 0.2) is 0 Å². The van der Waals surface area contributed by atoms with Crippen molar-refractivity contribution in [3.63, 3.8) is 0 Å². The van der Waals surface area contributed by atoms with E-state index in [4.69, 9.17) is 0 Å². The van der Waals surface area contributed by atoms with Crippen LogP contribution in [0.15, 0.2) is 22.7 Å². The zero-order valence-corrected chi connectivity index (χ0v) is 9.37. The molecule has 5 heteroatoms. The standard InChI is InChI=1S/C7H3BrF3I/c8-5-3-4(7(9,10)11)1-2-6(5)12/h1-3H. The van der Waals surface area contributed by atoms with E-state index < -0.39 is 11.7 Å². The van der Waals surface area contributed by atoms with E-state index in [9.17, 15) is 13.2 Å². The Kier molecular flexibility index (Phi) is 3.03. The summed E-state index contributed by atoms with van der Waals surface area (Å²) in [4.78, 5) is 0. The van der Waals surface area contributed by atoms with Crippen LogP contribution in [0, 0.1) is 3.57 Å². The van der Waals surface area contributed by atoms with Gasteiger partial charge in [-0.2, -0.15) is 13.2 Å². The van der Waals surface area contributed by atoms with Crippen LogP contribution in [0.2, 0.25) is 0 Å². The van der Waals surface area contributed by atoms with Gasteiger partial charge in [0.25, 0.3) is 0 Å². The van der Waals surface area contributed by atoms with Crippen LogP contribution in [-0.4, -0.2) is 0 Å². The third-order valence-corrected chi connectivity index (χ3v) is 3.58. The Morgan fingerprint density at radius 2 is 1.83 bits per heavy atom. The van der Waals surface area contributed by atoms with Crippen LogP contribution >= 0.6 is 38.5 Å². The van der Waals surface area contributed by atoms with E-state index in [0.29, 0.717) is 4.47 Å². The molecule has 0 radical (unpaired) electrons. The third-order valence-electron chi connectivity index (χ3n) is 1.25. The lowest BCUT2D eigenvalue weighted by Gasteiger charge is -2.06. The molecule has 12 heavy (non-hydrogen) atoms. The van der Waals surface area contributed by atoms with Crippen molar-refractivity contribution in [3.05, 3.63) is 31.8 Å². The van der Waals surface area contributed by atoms with E-state index in [1.807, 2.05) is 22.6 Å². The monoisotopic (exact) mass is 350 g/mol. The van der Waals surface area contributed by atoms with E-state index >= 15 is 0 Å². The van der Waals surface area contributed by atoms with E-state index in [2.05, 4.69) is 15.9 Å². The fourth-order valence-corrected chi connectivity index (χ4v) is 1.39. The molecule has 1 aromatic carbocycles. The van der Waals surface area contributed by atoms with Gasteiger partial charge in [0.1, 0.15) is 0 Å². The van der Waals surface area contributed by atoms with Crippen molar-refractivity contribution in [1.82, 2.24) is 0 Å². The van der Waals surface area contributed by atoms with Crippen molar-refractivity contribution in [1.29, 1.82) is 0 Å². The quantitative estimate of drug-likeness (QED) is 0.619. The van der Waals surface area contributed by atoms with E-state index in [1.54, 1.807) is 0 Å². The van der Waals surface area contributed by atoms with Crippen molar-refractivity contribution in [2.45, 2.75) is 6.18 Å². The summed E-state index contributed by atoms with van der Waals surface area (Å²) in [6.45, 7) is 0. The first kappa shape index (κ1) is 10.3. The van der Waals surface area contributed by atoms with E-state index in [1.165, 1.54) is 6.07 Å². The minimum absolute atomic E-state index is 0.470. The molecule has 0 nitrogen and oxygen atoms in total. The minimum atomic E-state index is -4.26. The Morgan fingerprint density at radius 3 is 2.25 bits per heavy atom. The van der Waals surface area contributed by atoms with Crippen LogP contribution in [0.5, 0.6) is 0 Å².